The summed E-state index contributed by atoms with van der Waals surface area (Å²) in [6.45, 7) is 2.14. The molecular weight excluding hydrogens is 284 g/mol. The summed E-state index contributed by atoms with van der Waals surface area (Å²) in [5.74, 6) is -0.0101. The summed E-state index contributed by atoms with van der Waals surface area (Å²) in [4.78, 5) is 12.8. The first kappa shape index (κ1) is 15.3. The molecule has 118 valence electrons. The van der Waals surface area contributed by atoms with Gasteiger partial charge in [-0.3, -0.25) is 4.79 Å². The van der Waals surface area contributed by atoms with E-state index in [1.165, 1.54) is 0 Å². The van der Waals surface area contributed by atoms with Gasteiger partial charge >= 0.3 is 0 Å². The number of nitrogens with one attached hydrogen (secondary N) is 1. The molecule has 0 radical (unpaired) electrons. The van der Waals surface area contributed by atoms with Crippen LogP contribution in [0.5, 0.6) is 0 Å². The molecule has 1 atom stereocenters. The van der Waals surface area contributed by atoms with E-state index in [1.54, 1.807) is 0 Å². The Bertz CT molecular complexity index is 805. The Kier molecular flexibility index (Phi) is 4.47. The number of amides is 1. The summed E-state index contributed by atoms with van der Waals surface area (Å²) in [6, 6.07) is 18.2. The van der Waals surface area contributed by atoms with E-state index in [1.807, 2.05) is 60.3 Å². The topological polar surface area (TPSA) is 34.0 Å². The predicted molar refractivity (Wildman–Crippen MR) is 94.5 cm³/mol. The molecule has 0 aliphatic carbocycles. The van der Waals surface area contributed by atoms with E-state index in [2.05, 4.69) is 24.4 Å². The largest absolute Gasteiger partial charge is 0.350 e. The van der Waals surface area contributed by atoms with Gasteiger partial charge in [-0.15, -0.1) is 0 Å². The van der Waals surface area contributed by atoms with Crippen molar-refractivity contribution in [1.29, 1.82) is 0 Å². The van der Waals surface area contributed by atoms with Crippen molar-refractivity contribution in [3.8, 4) is 0 Å². The fraction of sp³-hybridized carbons (Fsp3) is 0.250. The van der Waals surface area contributed by atoms with Gasteiger partial charge in [-0.05, 0) is 18.1 Å². The molecule has 0 aliphatic rings. The summed E-state index contributed by atoms with van der Waals surface area (Å²) in [5, 5.41) is 4.20. The molecule has 3 heteroatoms. The number of hydrogen-bond acceptors (Lipinski definition) is 1. The number of para-hydroxylation sites is 1. The number of hydrogen-bond donors (Lipinski definition) is 1. The zero-order chi connectivity index (χ0) is 16.2. The molecular formula is C20H22N2O. The van der Waals surface area contributed by atoms with Gasteiger partial charge in [0.25, 0.3) is 5.91 Å². The van der Waals surface area contributed by atoms with Gasteiger partial charge in [0.1, 0.15) is 0 Å². The quantitative estimate of drug-likeness (QED) is 0.742. The Morgan fingerprint density at radius 2 is 1.78 bits per heavy atom. The lowest BCUT2D eigenvalue weighted by atomic mass is 10.0. The van der Waals surface area contributed by atoms with Crippen LogP contribution in [0.15, 0.2) is 60.8 Å². The molecule has 3 aromatic rings. The number of fused-ring (bicyclic) bond motifs is 1. The van der Waals surface area contributed by atoms with Crippen molar-refractivity contribution >= 4 is 16.8 Å². The second-order valence-corrected chi connectivity index (χ2v) is 5.90. The van der Waals surface area contributed by atoms with E-state index < -0.39 is 0 Å². The zero-order valence-corrected chi connectivity index (χ0v) is 13.6. The monoisotopic (exact) mass is 306 g/mol. The highest BCUT2D eigenvalue weighted by Crippen LogP contribution is 2.23. The first-order valence-corrected chi connectivity index (χ1v) is 8.10. The minimum Gasteiger partial charge on any atom is -0.350 e. The van der Waals surface area contributed by atoms with Crippen LogP contribution in [0.3, 0.4) is 0 Å². The summed E-state index contributed by atoms with van der Waals surface area (Å²) in [7, 11) is 1.97. The third-order valence-electron chi connectivity index (χ3n) is 4.23. The van der Waals surface area contributed by atoms with Crippen molar-refractivity contribution in [2.24, 2.45) is 7.05 Å². The van der Waals surface area contributed by atoms with Crippen LogP contribution in [0.25, 0.3) is 10.9 Å². The van der Waals surface area contributed by atoms with Crippen molar-refractivity contribution in [1.82, 2.24) is 9.88 Å². The minimum atomic E-state index is -0.0101. The van der Waals surface area contributed by atoms with Gasteiger partial charge in [0, 0.05) is 24.1 Å². The van der Waals surface area contributed by atoms with Gasteiger partial charge in [0.15, 0.2) is 0 Å². The Hall–Kier alpha value is -2.55. The highest BCUT2D eigenvalue weighted by atomic mass is 16.1. The Morgan fingerprint density at radius 3 is 2.52 bits per heavy atom. The number of rotatable bonds is 5. The summed E-state index contributed by atoms with van der Waals surface area (Å²) < 4.78 is 2.00. The molecule has 3 nitrogen and oxygen atoms in total. The van der Waals surface area contributed by atoms with E-state index in [-0.39, 0.29) is 11.9 Å². The second kappa shape index (κ2) is 6.69. The first-order valence-electron chi connectivity index (χ1n) is 8.10. The van der Waals surface area contributed by atoms with Crippen LogP contribution in [0, 0.1) is 0 Å². The molecule has 0 bridgehead atoms. The van der Waals surface area contributed by atoms with E-state index in [0.717, 1.165) is 34.9 Å². The normalized spacial score (nSPS) is 12.3. The van der Waals surface area contributed by atoms with Crippen LogP contribution in [-0.2, 0) is 7.05 Å². The lowest BCUT2D eigenvalue weighted by Gasteiger charge is -2.18. The van der Waals surface area contributed by atoms with Crippen LogP contribution in [0.1, 0.15) is 41.7 Å². The molecule has 3 rings (SSSR count). The summed E-state index contributed by atoms with van der Waals surface area (Å²) in [5.41, 5.74) is 2.97. The molecule has 1 N–H and O–H groups in total. The average molecular weight is 306 g/mol. The Labute approximate surface area is 136 Å². The molecule has 0 fully saturated rings. The van der Waals surface area contributed by atoms with Crippen molar-refractivity contribution in [3.05, 3.63) is 71.9 Å². The van der Waals surface area contributed by atoms with Gasteiger partial charge in [-0.1, -0.05) is 61.9 Å². The lowest BCUT2D eigenvalue weighted by Crippen LogP contribution is -2.28. The van der Waals surface area contributed by atoms with Gasteiger partial charge < -0.3 is 9.88 Å². The van der Waals surface area contributed by atoms with E-state index in [4.69, 9.17) is 0 Å². The number of nitrogens with zero attached hydrogens (tertiary/aromatic N) is 1. The molecule has 1 aromatic heterocycles. The predicted octanol–water partition coefficient (Wildman–Crippen LogP) is 4.45. The van der Waals surface area contributed by atoms with Crippen LogP contribution in [0.4, 0.5) is 0 Å². The van der Waals surface area contributed by atoms with Crippen LogP contribution in [-0.4, -0.2) is 10.5 Å². The van der Waals surface area contributed by atoms with Crippen molar-refractivity contribution in [3.63, 3.8) is 0 Å². The molecule has 23 heavy (non-hydrogen) atoms. The molecule has 1 unspecified atom stereocenters. The number of carbonyl (C=O) groups is 1. The van der Waals surface area contributed by atoms with Gasteiger partial charge in [-0.25, -0.2) is 0 Å². The van der Waals surface area contributed by atoms with Crippen LogP contribution >= 0.6 is 0 Å². The average Bonchev–Trinajstić information content (AvgIpc) is 2.93. The molecule has 0 saturated heterocycles. The van der Waals surface area contributed by atoms with Crippen LogP contribution in [0.2, 0.25) is 0 Å². The highest BCUT2D eigenvalue weighted by Gasteiger charge is 2.18. The maximum Gasteiger partial charge on any atom is 0.253 e. The third-order valence-corrected chi connectivity index (χ3v) is 4.23. The molecule has 2 aromatic carbocycles. The second-order valence-electron chi connectivity index (χ2n) is 5.90. The Morgan fingerprint density at radius 1 is 1.09 bits per heavy atom. The molecule has 0 aliphatic heterocycles. The minimum absolute atomic E-state index is 0.0101. The maximum absolute atomic E-state index is 12.8. The maximum atomic E-state index is 12.8. The van der Waals surface area contributed by atoms with Crippen molar-refractivity contribution in [2.75, 3.05) is 0 Å². The number of benzene rings is 2. The van der Waals surface area contributed by atoms with Crippen molar-refractivity contribution < 1.29 is 4.79 Å². The zero-order valence-electron chi connectivity index (χ0n) is 13.6. The SMILES string of the molecule is CCCC(NC(=O)c1cn(C)c2ccccc12)c1ccccc1. The molecule has 1 amide bonds. The van der Waals surface area contributed by atoms with Crippen LogP contribution < -0.4 is 5.32 Å². The summed E-state index contributed by atoms with van der Waals surface area (Å²) >= 11 is 0. The standard InChI is InChI=1S/C20H22N2O/c1-3-9-18(15-10-5-4-6-11-15)21-20(23)17-14-22(2)19-13-8-7-12-16(17)19/h4-8,10-14,18H,3,9H2,1-2H3,(H,21,23). The summed E-state index contributed by atoms with van der Waals surface area (Å²) in [6.07, 6.45) is 3.86. The lowest BCUT2D eigenvalue weighted by molar-refractivity contribution is 0.0936. The fourth-order valence-corrected chi connectivity index (χ4v) is 3.05. The number of aromatic nitrogens is 1. The first-order chi connectivity index (χ1) is 11.2. The van der Waals surface area contributed by atoms with Gasteiger partial charge in [0.05, 0.1) is 11.6 Å². The molecule has 0 saturated carbocycles. The molecule has 0 spiro atoms. The number of carbonyl (C=O) groups excluding carboxylic acids is 1. The van der Waals surface area contributed by atoms with E-state index >= 15 is 0 Å². The van der Waals surface area contributed by atoms with Gasteiger partial charge in [0.2, 0.25) is 0 Å². The Balaban J connectivity index is 1.89. The highest BCUT2D eigenvalue weighted by molar-refractivity contribution is 6.07. The third kappa shape index (κ3) is 3.14. The van der Waals surface area contributed by atoms with Crippen molar-refractivity contribution in [2.45, 2.75) is 25.8 Å². The fourth-order valence-electron chi connectivity index (χ4n) is 3.05. The smallest absolute Gasteiger partial charge is 0.253 e. The number of aryl methyl sites for hydroxylation is 1. The van der Waals surface area contributed by atoms with E-state index in [9.17, 15) is 4.79 Å². The van der Waals surface area contributed by atoms with E-state index in [0.29, 0.717) is 0 Å². The molecule has 1 heterocycles. The van der Waals surface area contributed by atoms with Gasteiger partial charge in [-0.2, -0.15) is 0 Å².